The molecule has 1 aliphatic rings. The van der Waals surface area contributed by atoms with Crippen molar-refractivity contribution in [3.63, 3.8) is 0 Å². The van der Waals surface area contributed by atoms with Crippen LogP contribution in [0, 0.1) is 5.92 Å². The molecule has 0 fully saturated rings. The molecule has 1 unspecified atom stereocenters. The third-order valence-corrected chi connectivity index (χ3v) is 3.77. The average Bonchev–Trinajstić information content (AvgIpc) is 2.43. The summed E-state index contributed by atoms with van der Waals surface area (Å²) in [5.41, 5.74) is 8.23. The molecule has 0 aromatic heterocycles. The molecule has 0 radical (unpaired) electrons. The summed E-state index contributed by atoms with van der Waals surface area (Å²) in [6.45, 7) is 1.42. The predicted octanol–water partition coefficient (Wildman–Crippen LogP) is 1.60. The zero-order chi connectivity index (χ0) is 13.0. The highest BCUT2D eigenvalue weighted by atomic mass is 16.2. The van der Waals surface area contributed by atoms with Crippen molar-refractivity contribution in [2.45, 2.75) is 25.7 Å². The first-order chi connectivity index (χ1) is 8.72. The number of hydrogen-bond acceptors (Lipinski definition) is 2. The molecule has 0 heterocycles. The monoisotopic (exact) mass is 246 g/mol. The first-order valence-electron chi connectivity index (χ1n) is 6.74. The normalized spacial score (nSPS) is 18.2. The van der Waals surface area contributed by atoms with Gasteiger partial charge in [-0.05, 0) is 43.4 Å². The van der Waals surface area contributed by atoms with Crippen LogP contribution in [0.2, 0.25) is 0 Å². The zero-order valence-electron chi connectivity index (χ0n) is 11.1. The number of nitrogens with zero attached hydrogens (tertiary/aromatic N) is 1. The highest BCUT2D eigenvalue weighted by Crippen LogP contribution is 2.26. The number of benzene rings is 1. The van der Waals surface area contributed by atoms with Crippen molar-refractivity contribution < 1.29 is 4.79 Å². The fourth-order valence-electron chi connectivity index (χ4n) is 2.66. The molecule has 1 atom stereocenters. The second kappa shape index (κ2) is 6.01. The Balaban J connectivity index is 1.98. The van der Waals surface area contributed by atoms with Crippen LogP contribution in [-0.2, 0) is 17.6 Å². The van der Waals surface area contributed by atoms with E-state index in [9.17, 15) is 4.79 Å². The van der Waals surface area contributed by atoms with Crippen molar-refractivity contribution in [3.8, 4) is 0 Å². The van der Waals surface area contributed by atoms with Crippen LogP contribution in [-0.4, -0.2) is 30.9 Å². The maximum Gasteiger partial charge on any atom is 0.225 e. The van der Waals surface area contributed by atoms with Gasteiger partial charge in [0, 0.05) is 19.5 Å². The van der Waals surface area contributed by atoms with E-state index >= 15 is 0 Å². The van der Waals surface area contributed by atoms with Gasteiger partial charge < -0.3 is 10.6 Å². The van der Waals surface area contributed by atoms with Crippen LogP contribution in [0.1, 0.15) is 24.0 Å². The summed E-state index contributed by atoms with van der Waals surface area (Å²) in [4.78, 5) is 14.1. The first-order valence-corrected chi connectivity index (χ1v) is 6.74. The van der Waals surface area contributed by atoms with Gasteiger partial charge >= 0.3 is 0 Å². The van der Waals surface area contributed by atoms with Crippen molar-refractivity contribution in [1.29, 1.82) is 0 Å². The Bertz CT molecular complexity index is 417. The first kappa shape index (κ1) is 13.1. The molecule has 98 valence electrons. The maximum absolute atomic E-state index is 12.3. The van der Waals surface area contributed by atoms with Crippen LogP contribution < -0.4 is 5.73 Å². The van der Waals surface area contributed by atoms with Crippen molar-refractivity contribution in [1.82, 2.24) is 4.90 Å². The summed E-state index contributed by atoms with van der Waals surface area (Å²) in [6, 6.07) is 8.46. The molecule has 3 heteroatoms. The lowest BCUT2D eigenvalue weighted by Crippen LogP contribution is -2.36. The Hall–Kier alpha value is -1.35. The molecule has 0 aliphatic heterocycles. The predicted molar refractivity (Wildman–Crippen MR) is 73.3 cm³/mol. The molecule has 1 aliphatic carbocycles. The summed E-state index contributed by atoms with van der Waals surface area (Å²) in [5, 5.41) is 0. The third-order valence-electron chi connectivity index (χ3n) is 3.77. The van der Waals surface area contributed by atoms with Gasteiger partial charge in [0.2, 0.25) is 5.91 Å². The molecule has 2 rings (SSSR count). The lowest BCUT2D eigenvalue weighted by molar-refractivity contribution is -0.134. The van der Waals surface area contributed by atoms with Crippen molar-refractivity contribution in [2.24, 2.45) is 11.7 Å². The second-order valence-electron chi connectivity index (χ2n) is 5.11. The molecule has 0 saturated carbocycles. The topological polar surface area (TPSA) is 46.3 Å². The lowest BCUT2D eigenvalue weighted by Gasteiger charge is -2.28. The number of carbonyl (C=O) groups excluding carboxylic acids is 1. The van der Waals surface area contributed by atoms with E-state index in [4.69, 9.17) is 5.73 Å². The van der Waals surface area contributed by atoms with Crippen LogP contribution in [0.5, 0.6) is 0 Å². The van der Waals surface area contributed by atoms with E-state index in [1.54, 1.807) is 0 Å². The number of carbonyl (C=O) groups is 1. The quantitative estimate of drug-likeness (QED) is 0.877. The molecule has 18 heavy (non-hydrogen) atoms. The highest BCUT2D eigenvalue weighted by molar-refractivity contribution is 5.79. The molecule has 3 nitrogen and oxygen atoms in total. The zero-order valence-corrected chi connectivity index (χ0v) is 11.1. The molecule has 0 spiro atoms. The minimum Gasteiger partial charge on any atom is -0.345 e. The summed E-state index contributed by atoms with van der Waals surface area (Å²) in [7, 11) is 1.89. The third kappa shape index (κ3) is 2.91. The van der Waals surface area contributed by atoms with Crippen molar-refractivity contribution >= 4 is 5.91 Å². The maximum atomic E-state index is 12.3. The minimum absolute atomic E-state index is 0.155. The largest absolute Gasteiger partial charge is 0.345 e. The molecule has 1 aromatic carbocycles. The van der Waals surface area contributed by atoms with Crippen LogP contribution >= 0.6 is 0 Å². The van der Waals surface area contributed by atoms with Crippen LogP contribution in [0.25, 0.3) is 0 Å². The molecular formula is C15H22N2O. The van der Waals surface area contributed by atoms with Crippen molar-refractivity contribution in [3.05, 3.63) is 35.4 Å². The van der Waals surface area contributed by atoms with Crippen molar-refractivity contribution in [2.75, 3.05) is 20.1 Å². The highest BCUT2D eigenvalue weighted by Gasteiger charge is 2.26. The summed E-state index contributed by atoms with van der Waals surface area (Å²) in [5.74, 6) is 0.431. The fraction of sp³-hybridized carbons (Fsp3) is 0.533. The Morgan fingerprint density at radius 3 is 2.83 bits per heavy atom. The molecule has 0 saturated heterocycles. The van der Waals surface area contributed by atoms with Gasteiger partial charge in [-0.25, -0.2) is 0 Å². The van der Waals surface area contributed by atoms with Crippen LogP contribution in [0.3, 0.4) is 0 Å². The molecular weight excluding hydrogens is 224 g/mol. The smallest absolute Gasteiger partial charge is 0.225 e. The van der Waals surface area contributed by atoms with Gasteiger partial charge in [-0.2, -0.15) is 0 Å². The number of nitrogens with two attached hydrogens (primary N) is 1. The fourth-order valence-corrected chi connectivity index (χ4v) is 2.66. The molecule has 2 N–H and O–H groups in total. The number of hydrogen-bond donors (Lipinski definition) is 1. The van der Waals surface area contributed by atoms with E-state index in [1.807, 2.05) is 11.9 Å². The van der Waals surface area contributed by atoms with E-state index in [0.717, 1.165) is 32.2 Å². The van der Waals surface area contributed by atoms with Crippen LogP contribution in [0.15, 0.2) is 24.3 Å². The second-order valence-corrected chi connectivity index (χ2v) is 5.11. The number of fused-ring (bicyclic) bond motifs is 1. The van der Waals surface area contributed by atoms with Gasteiger partial charge in [-0.3, -0.25) is 4.79 Å². The number of aryl methyl sites for hydroxylation is 1. The SMILES string of the molecule is CN(CCCN)C(=O)C1CCc2ccccc2C1. The molecule has 1 amide bonds. The minimum atomic E-state index is 0.155. The molecule has 1 aromatic rings. The van der Waals surface area contributed by atoms with Gasteiger partial charge in [-0.1, -0.05) is 24.3 Å². The van der Waals surface area contributed by atoms with Gasteiger partial charge in [-0.15, -0.1) is 0 Å². The summed E-state index contributed by atoms with van der Waals surface area (Å²) >= 11 is 0. The Labute approximate surface area is 109 Å². The average molecular weight is 246 g/mol. The lowest BCUT2D eigenvalue weighted by atomic mass is 9.83. The van der Waals surface area contributed by atoms with E-state index in [-0.39, 0.29) is 11.8 Å². The standard InChI is InChI=1S/C15H22N2O/c1-17(10-4-9-16)15(18)14-8-7-12-5-2-3-6-13(12)11-14/h2-3,5-6,14H,4,7-11,16H2,1H3. The van der Waals surface area contributed by atoms with Gasteiger partial charge in [0.1, 0.15) is 0 Å². The Morgan fingerprint density at radius 1 is 1.39 bits per heavy atom. The van der Waals surface area contributed by atoms with Gasteiger partial charge in [0.25, 0.3) is 0 Å². The summed E-state index contributed by atoms with van der Waals surface area (Å²) < 4.78 is 0. The Morgan fingerprint density at radius 2 is 2.11 bits per heavy atom. The number of amides is 1. The Kier molecular flexibility index (Phi) is 4.37. The van der Waals surface area contributed by atoms with Crippen LogP contribution in [0.4, 0.5) is 0 Å². The van der Waals surface area contributed by atoms with Gasteiger partial charge in [0.15, 0.2) is 0 Å². The number of rotatable bonds is 4. The van der Waals surface area contributed by atoms with E-state index in [1.165, 1.54) is 11.1 Å². The van der Waals surface area contributed by atoms with Gasteiger partial charge in [0.05, 0.1) is 0 Å². The van der Waals surface area contributed by atoms with E-state index < -0.39 is 0 Å². The van der Waals surface area contributed by atoms with E-state index in [2.05, 4.69) is 24.3 Å². The summed E-state index contributed by atoms with van der Waals surface area (Å²) in [6.07, 6.45) is 3.77. The van der Waals surface area contributed by atoms with E-state index in [0.29, 0.717) is 6.54 Å². The molecule has 0 bridgehead atoms.